The molecule has 0 spiro atoms. The van der Waals surface area contributed by atoms with E-state index in [4.69, 9.17) is 13.3 Å². The van der Waals surface area contributed by atoms with Gasteiger partial charge in [0.05, 0.1) is 13.2 Å². The second-order valence-electron chi connectivity index (χ2n) is 4.50. The van der Waals surface area contributed by atoms with E-state index < -0.39 is 8.80 Å². The largest absolute Gasteiger partial charge is 0.537 e. The van der Waals surface area contributed by atoms with Crippen LogP contribution < -0.4 is 5.19 Å². The van der Waals surface area contributed by atoms with Gasteiger partial charge in [-0.25, -0.2) is 0 Å². The van der Waals surface area contributed by atoms with Gasteiger partial charge in [-0.2, -0.15) is 0 Å². The molecule has 0 saturated heterocycles. The summed E-state index contributed by atoms with van der Waals surface area (Å²) in [5.41, 5.74) is 1.09. The first-order chi connectivity index (χ1) is 10.3. The summed E-state index contributed by atoms with van der Waals surface area (Å²) in [6.07, 6.45) is 1.70. The molecular weight excluding hydrogens is 280 g/mol. The smallest absolute Gasteiger partial charge is 0.373 e. The van der Waals surface area contributed by atoms with E-state index in [2.05, 4.69) is 6.58 Å². The van der Waals surface area contributed by atoms with Crippen molar-refractivity contribution in [1.82, 2.24) is 0 Å². The van der Waals surface area contributed by atoms with Crippen LogP contribution in [0.2, 0.25) is 0 Å². The first-order valence-electron chi connectivity index (χ1n) is 6.84. The standard InChI is InChI=1S/C17H20O3Si/c1-3-14-19-21(18-2,17-12-8-5-9-13-17)20-15-16-10-6-4-7-11-16/h3-13H,1,14-15H2,2H3. The maximum Gasteiger partial charge on any atom is 0.537 e. The minimum absolute atomic E-state index is 0.393. The molecule has 4 heteroatoms. The van der Waals surface area contributed by atoms with Crippen LogP contribution in [0.4, 0.5) is 0 Å². The van der Waals surface area contributed by atoms with Crippen molar-refractivity contribution >= 4 is 14.0 Å². The summed E-state index contributed by atoms with van der Waals surface area (Å²) >= 11 is 0. The highest BCUT2D eigenvalue weighted by Gasteiger charge is 2.42. The van der Waals surface area contributed by atoms with E-state index in [1.54, 1.807) is 13.2 Å². The third-order valence-corrected chi connectivity index (χ3v) is 5.71. The lowest BCUT2D eigenvalue weighted by molar-refractivity contribution is 0.0953. The molecule has 0 aliphatic carbocycles. The maximum absolute atomic E-state index is 6.10. The van der Waals surface area contributed by atoms with Crippen LogP contribution in [0.5, 0.6) is 0 Å². The highest BCUT2D eigenvalue weighted by Crippen LogP contribution is 2.13. The summed E-state index contributed by atoms with van der Waals surface area (Å²) in [4.78, 5) is 0. The molecule has 2 aromatic carbocycles. The van der Waals surface area contributed by atoms with Crippen molar-refractivity contribution in [3.05, 3.63) is 78.9 Å². The van der Waals surface area contributed by atoms with E-state index in [9.17, 15) is 0 Å². The zero-order chi connectivity index (χ0) is 15.0. The Morgan fingerprint density at radius 2 is 1.57 bits per heavy atom. The molecule has 21 heavy (non-hydrogen) atoms. The summed E-state index contributed by atoms with van der Waals surface area (Å²) in [5, 5.41) is 0.949. The van der Waals surface area contributed by atoms with Crippen molar-refractivity contribution in [2.24, 2.45) is 0 Å². The fourth-order valence-corrected chi connectivity index (χ4v) is 4.19. The van der Waals surface area contributed by atoms with Gasteiger partial charge in [-0.1, -0.05) is 66.7 Å². The van der Waals surface area contributed by atoms with Crippen LogP contribution in [-0.4, -0.2) is 22.5 Å². The summed E-state index contributed by atoms with van der Waals surface area (Å²) in [7, 11) is -1.29. The van der Waals surface area contributed by atoms with Crippen LogP contribution in [0.25, 0.3) is 0 Å². The van der Waals surface area contributed by atoms with Gasteiger partial charge in [-0.15, -0.1) is 6.58 Å². The average molecular weight is 300 g/mol. The molecule has 3 nitrogen and oxygen atoms in total. The van der Waals surface area contributed by atoms with E-state index in [0.717, 1.165) is 10.8 Å². The highest BCUT2D eigenvalue weighted by molar-refractivity contribution is 6.75. The van der Waals surface area contributed by atoms with E-state index in [1.807, 2.05) is 60.7 Å². The molecule has 0 aliphatic heterocycles. The highest BCUT2D eigenvalue weighted by atomic mass is 28.4. The van der Waals surface area contributed by atoms with Crippen LogP contribution in [0.1, 0.15) is 5.56 Å². The number of rotatable bonds is 8. The Bertz CT molecular complexity index is 544. The molecule has 110 valence electrons. The SMILES string of the molecule is C=CCO[Si](OC)(OCc1ccccc1)c1ccccc1. The van der Waals surface area contributed by atoms with Gasteiger partial charge in [0, 0.05) is 12.3 Å². The molecule has 0 heterocycles. The molecule has 0 aliphatic rings. The van der Waals surface area contributed by atoms with Gasteiger partial charge >= 0.3 is 8.80 Å². The van der Waals surface area contributed by atoms with Gasteiger partial charge in [-0.05, 0) is 5.56 Å². The van der Waals surface area contributed by atoms with Crippen LogP contribution in [0.3, 0.4) is 0 Å². The van der Waals surface area contributed by atoms with Gasteiger partial charge in [0.25, 0.3) is 0 Å². The van der Waals surface area contributed by atoms with Crippen LogP contribution in [0.15, 0.2) is 73.3 Å². The summed E-state index contributed by atoms with van der Waals surface area (Å²) in [6, 6.07) is 19.8. The first kappa shape index (κ1) is 15.7. The van der Waals surface area contributed by atoms with E-state index in [-0.39, 0.29) is 0 Å². The normalized spacial score (nSPS) is 13.6. The third-order valence-electron chi connectivity index (χ3n) is 3.06. The molecule has 1 atom stereocenters. The Kier molecular flexibility index (Phi) is 5.89. The van der Waals surface area contributed by atoms with Crippen LogP contribution in [0, 0.1) is 0 Å². The Balaban J connectivity index is 2.20. The van der Waals surface area contributed by atoms with Crippen molar-refractivity contribution in [1.29, 1.82) is 0 Å². The fourth-order valence-electron chi connectivity index (χ4n) is 2.01. The minimum atomic E-state index is -2.92. The monoisotopic (exact) mass is 300 g/mol. The fraction of sp³-hybridized carbons (Fsp3) is 0.176. The topological polar surface area (TPSA) is 27.7 Å². The molecule has 0 N–H and O–H groups in total. The lowest BCUT2D eigenvalue weighted by Crippen LogP contribution is -2.56. The molecule has 1 unspecified atom stereocenters. The predicted molar refractivity (Wildman–Crippen MR) is 86.2 cm³/mol. The molecule has 2 aromatic rings. The molecule has 2 rings (SSSR count). The van der Waals surface area contributed by atoms with Crippen molar-refractivity contribution in [2.75, 3.05) is 13.7 Å². The van der Waals surface area contributed by atoms with Gasteiger partial charge < -0.3 is 13.3 Å². The van der Waals surface area contributed by atoms with Crippen molar-refractivity contribution < 1.29 is 13.3 Å². The summed E-state index contributed by atoms with van der Waals surface area (Å²) in [6.45, 7) is 4.54. The third kappa shape index (κ3) is 4.12. The molecule has 0 bridgehead atoms. The molecular formula is C17H20O3Si. The second-order valence-corrected chi connectivity index (χ2v) is 7.18. The molecule has 0 fully saturated rings. The number of benzene rings is 2. The summed E-state index contributed by atoms with van der Waals surface area (Å²) < 4.78 is 17.7. The summed E-state index contributed by atoms with van der Waals surface area (Å²) in [5.74, 6) is 0. The van der Waals surface area contributed by atoms with E-state index >= 15 is 0 Å². The molecule has 0 radical (unpaired) electrons. The van der Waals surface area contributed by atoms with Crippen molar-refractivity contribution in [3.63, 3.8) is 0 Å². The lowest BCUT2D eigenvalue weighted by atomic mass is 10.2. The van der Waals surface area contributed by atoms with Gasteiger partial charge in [0.1, 0.15) is 0 Å². The minimum Gasteiger partial charge on any atom is -0.373 e. The maximum atomic E-state index is 6.10. The van der Waals surface area contributed by atoms with Crippen molar-refractivity contribution in [3.8, 4) is 0 Å². The molecule has 0 saturated carbocycles. The molecule has 0 amide bonds. The Hall–Kier alpha value is -1.72. The Morgan fingerprint density at radius 3 is 2.14 bits per heavy atom. The molecule has 0 aromatic heterocycles. The van der Waals surface area contributed by atoms with Crippen molar-refractivity contribution in [2.45, 2.75) is 6.61 Å². The number of hydrogen-bond acceptors (Lipinski definition) is 3. The second kappa shape index (κ2) is 7.90. The van der Waals surface area contributed by atoms with Gasteiger partial charge in [0.2, 0.25) is 0 Å². The first-order valence-corrected chi connectivity index (χ1v) is 8.56. The lowest BCUT2D eigenvalue weighted by Gasteiger charge is -2.28. The van der Waals surface area contributed by atoms with Crippen LogP contribution >= 0.6 is 0 Å². The Labute approximate surface area is 127 Å². The Morgan fingerprint density at radius 1 is 0.952 bits per heavy atom. The quantitative estimate of drug-likeness (QED) is 0.554. The van der Waals surface area contributed by atoms with Gasteiger partial charge in [0.15, 0.2) is 0 Å². The van der Waals surface area contributed by atoms with Gasteiger partial charge in [-0.3, -0.25) is 0 Å². The zero-order valence-corrected chi connectivity index (χ0v) is 13.2. The van der Waals surface area contributed by atoms with Crippen LogP contribution in [-0.2, 0) is 19.9 Å². The average Bonchev–Trinajstić information content (AvgIpc) is 2.57. The number of hydrogen-bond donors (Lipinski definition) is 0. The van der Waals surface area contributed by atoms with E-state index in [0.29, 0.717) is 13.2 Å². The predicted octanol–water partition coefficient (Wildman–Crippen LogP) is 2.90. The zero-order valence-electron chi connectivity index (χ0n) is 12.2. The van der Waals surface area contributed by atoms with E-state index in [1.165, 1.54) is 0 Å².